The molecule has 4 nitrogen and oxygen atoms in total. The van der Waals surface area contributed by atoms with Crippen LogP contribution in [0.2, 0.25) is 0 Å². The van der Waals surface area contributed by atoms with Gasteiger partial charge >= 0.3 is 0 Å². The maximum atomic E-state index is 11.8. The number of hydrogen-bond acceptors (Lipinski definition) is 3. The molecule has 4 bridgehead atoms. The Morgan fingerprint density at radius 3 is 2.80 bits per heavy atom. The Bertz CT molecular complexity index is 345. The minimum atomic E-state index is -0.764. The van der Waals surface area contributed by atoms with E-state index in [9.17, 15) is 4.79 Å². The van der Waals surface area contributed by atoms with E-state index in [1.807, 2.05) is 0 Å². The fourth-order valence-electron chi connectivity index (χ4n) is 4.35. The smallest absolute Gasteiger partial charge is 0.276 e. The summed E-state index contributed by atoms with van der Waals surface area (Å²) in [5.74, 6) is 0.226. The van der Waals surface area contributed by atoms with Crippen LogP contribution in [0.5, 0.6) is 0 Å². The molecule has 2 N–H and O–H groups in total. The minimum absolute atomic E-state index is 0.0997. The number of hydroxylamine groups is 1. The van der Waals surface area contributed by atoms with Crippen molar-refractivity contribution >= 4 is 5.91 Å². The lowest BCUT2D eigenvalue weighted by atomic mass is 9.66. The van der Waals surface area contributed by atoms with Gasteiger partial charge in [0.05, 0.1) is 6.61 Å². The van der Waals surface area contributed by atoms with E-state index in [2.05, 4.69) is 13.8 Å². The maximum absolute atomic E-state index is 11.8. The van der Waals surface area contributed by atoms with E-state index in [0.717, 1.165) is 12.8 Å². The van der Waals surface area contributed by atoms with Gasteiger partial charge in [-0.15, -0.1) is 0 Å². The summed E-state index contributed by atoms with van der Waals surface area (Å²) in [5.41, 5.74) is 1.05. The molecule has 84 valence electrons. The highest BCUT2D eigenvalue weighted by Gasteiger charge is 2.78. The number of nitrogens with one attached hydrogen (secondary N) is 1. The first-order chi connectivity index (χ1) is 7.00. The van der Waals surface area contributed by atoms with Crippen LogP contribution in [0.3, 0.4) is 0 Å². The van der Waals surface area contributed by atoms with E-state index in [1.54, 1.807) is 5.48 Å². The third-order valence-corrected chi connectivity index (χ3v) is 5.67. The summed E-state index contributed by atoms with van der Waals surface area (Å²) >= 11 is 0. The lowest BCUT2D eigenvalue weighted by molar-refractivity contribution is -0.164. The fraction of sp³-hybridized carbons (Fsp3) is 0.909. The molecule has 0 aromatic carbocycles. The molecule has 1 heterocycles. The third-order valence-electron chi connectivity index (χ3n) is 5.67. The van der Waals surface area contributed by atoms with E-state index in [0.29, 0.717) is 12.5 Å². The molecule has 0 radical (unpaired) electrons. The lowest BCUT2D eigenvalue weighted by Gasteiger charge is -2.39. The average molecular weight is 211 g/mol. The molecule has 2 saturated carbocycles. The summed E-state index contributed by atoms with van der Waals surface area (Å²) < 4.78 is 5.76. The highest BCUT2D eigenvalue weighted by Crippen LogP contribution is 2.74. The molecular weight excluding hydrogens is 194 g/mol. The Labute approximate surface area is 88.9 Å². The SMILES string of the molecule is C[C@@]12CC[C@H]3C[C@]1(C(=O)NO)OC[C@]32C. The van der Waals surface area contributed by atoms with Gasteiger partial charge in [-0.3, -0.25) is 10.0 Å². The van der Waals surface area contributed by atoms with Gasteiger partial charge in [-0.25, -0.2) is 5.48 Å². The predicted octanol–water partition coefficient (Wildman–Crippen LogP) is 1.09. The van der Waals surface area contributed by atoms with Gasteiger partial charge in [0, 0.05) is 10.8 Å². The van der Waals surface area contributed by atoms with E-state index >= 15 is 0 Å². The first kappa shape index (κ1) is 9.60. The third kappa shape index (κ3) is 0.712. The zero-order valence-electron chi connectivity index (χ0n) is 9.17. The second-order valence-electron chi connectivity index (χ2n) is 5.75. The number of carbonyl (C=O) groups is 1. The molecule has 0 spiro atoms. The topological polar surface area (TPSA) is 58.6 Å². The molecule has 1 aliphatic heterocycles. The van der Waals surface area contributed by atoms with Crippen molar-refractivity contribution in [2.75, 3.05) is 6.61 Å². The van der Waals surface area contributed by atoms with Crippen molar-refractivity contribution in [2.45, 2.75) is 38.7 Å². The van der Waals surface area contributed by atoms with Gasteiger partial charge in [-0.2, -0.15) is 0 Å². The van der Waals surface area contributed by atoms with Gasteiger partial charge in [-0.05, 0) is 25.2 Å². The van der Waals surface area contributed by atoms with Crippen LogP contribution in [0.4, 0.5) is 0 Å². The number of amides is 1. The molecule has 0 unspecified atom stereocenters. The number of ether oxygens (including phenoxy) is 1. The van der Waals surface area contributed by atoms with Crippen molar-refractivity contribution < 1.29 is 14.7 Å². The maximum Gasteiger partial charge on any atom is 0.276 e. The monoisotopic (exact) mass is 211 g/mol. The van der Waals surface area contributed by atoms with Gasteiger partial charge < -0.3 is 4.74 Å². The summed E-state index contributed by atoms with van der Waals surface area (Å²) in [6.45, 7) is 5.02. The molecular formula is C11H17NO3. The molecule has 0 aromatic rings. The van der Waals surface area contributed by atoms with Crippen LogP contribution in [0.1, 0.15) is 33.1 Å². The van der Waals surface area contributed by atoms with Crippen LogP contribution < -0.4 is 5.48 Å². The molecule has 15 heavy (non-hydrogen) atoms. The minimum Gasteiger partial charge on any atom is -0.364 e. The zero-order chi connectivity index (χ0) is 10.9. The fourth-order valence-corrected chi connectivity index (χ4v) is 4.35. The summed E-state index contributed by atoms with van der Waals surface area (Å²) in [5, 5.41) is 8.86. The molecule has 2 aliphatic carbocycles. The van der Waals surface area contributed by atoms with Gasteiger partial charge in [-0.1, -0.05) is 13.8 Å². The van der Waals surface area contributed by atoms with Crippen molar-refractivity contribution in [1.29, 1.82) is 0 Å². The standard InChI is InChI=1S/C11H17NO3/c1-9-6-15-11(8(13)12-14)5-7(9)3-4-10(9,11)2/h7,14H,3-6H2,1-2H3,(H,12,13)/t7-,9+,10-,11+/m0/s1. The molecule has 3 rings (SSSR count). The highest BCUT2D eigenvalue weighted by molar-refractivity contribution is 5.87. The van der Waals surface area contributed by atoms with Crippen molar-refractivity contribution in [3.8, 4) is 0 Å². The summed E-state index contributed by atoms with van der Waals surface area (Å²) in [6, 6.07) is 0. The normalized spacial score (nSPS) is 56.1. The Hall–Kier alpha value is -0.610. The number of hydrogen-bond donors (Lipinski definition) is 2. The summed E-state index contributed by atoms with van der Waals surface area (Å²) in [6.07, 6.45) is 2.99. The van der Waals surface area contributed by atoms with Crippen LogP contribution in [0.15, 0.2) is 0 Å². The van der Waals surface area contributed by atoms with Gasteiger partial charge in [0.1, 0.15) is 0 Å². The quantitative estimate of drug-likeness (QED) is 0.504. The van der Waals surface area contributed by atoms with Crippen LogP contribution in [-0.4, -0.2) is 23.3 Å². The van der Waals surface area contributed by atoms with Crippen molar-refractivity contribution in [2.24, 2.45) is 16.7 Å². The van der Waals surface area contributed by atoms with Gasteiger partial charge in [0.2, 0.25) is 0 Å². The zero-order valence-corrected chi connectivity index (χ0v) is 9.17. The Balaban J connectivity index is 2.12. The highest BCUT2D eigenvalue weighted by atomic mass is 16.5. The molecule has 3 fully saturated rings. The van der Waals surface area contributed by atoms with Crippen molar-refractivity contribution in [3.05, 3.63) is 0 Å². The average Bonchev–Trinajstić information content (AvgIpc) is 2.70. The summed E-state index contributed by atoms with van der Waals surface area (Å²) in [4.78, 5) is 11.8. The molecule has 4 heteroatoms. The second-order valence-corrected chi connectivity index (χ2v) is 5.75. The predicted molar refractivity (Wildman–Crippen MR) is 52.2 cm³/mol. The second kappa shape index (κ2) is 2.38. The Morgan fingerprint density at radius 1 is 1.53 bits per heavy atom. The van der Waals surface area contributed by atoms with E-state index in [-0.39, 0.29) is 16.7 Å². The van der Waals surface area contributed by atoms with Crippen LogP contribution in [-0.2, 0) is 9.53 Å². The summed E-state index contributed by atoms with van der Waals surface area (Å²) in [7, 11) is 0. The largest absolute Gasteiger partial charge is 0.364 e. The van der Waals surface area contributed by atoms with Crippen LogP contribution >= 0.6 is 0 Å². The number of carbonyl (C=O) groups excluding carboxylic acids is 1. The van der Waals surface area contributed by atoms with Crippen LogP contribution in [0, 0.1) is 16.7 Å². The van der Waals surface area contributed by atoms with Gasteiger partial charge in [0.15, 0.2) is 5.60 Å². The Kier molecular flexibility index (Phi) is 1.52. The van der Waals surface area contributed by atoms with Crippen molar-refractivity contribution in [3.63, 3.8) is 0 Å². The Morgan fingerprint density at radius 2 is 2.27 bits per heavy atom. The van der Waals surface area contributed by atoms with E-state index in [4.69, 9.17) is 9.94 Å². The molecule has 3 aliphatic rings. The van der Waals surface area contributed by atoms with Crippen molar-refractivity contribution in [1.82, 2.24) is 5.48 Å². The first-order valence-electron chi connectivity index (χ1n) is 5.59. The molecule has 4 atom stereocenters. The van der Waals surface area contributed by atoms with E-state index < -0.39 is 5.60 Å². The first-order valence-corrected chi connectivity index (χ1v) is 5.59. The number of rotatable bonds is 1. The van der Waals surface area contributed by atoms with E-state index in [1.165, 1.54) is 6.42 Å². The van der Waals surface area contributed by atoms with Gasteiger partial charge in [0.25, 0.3) is 5.91 Å². The molecule has 0 aromatic heterocycles. The van der Waals surface area contributed by atoms with Crippen LogP contribution in [0.25, 0.3) is 0 Å². The molecule has 1 amide bonds. The lowest BCUT2D eigenvalue weighted by Crippen LogP contribution is -2.54. The molecule has 1 saturated heterocycles.